The van der Waals surface area contributed by atoms with Gasteiger partial charge in [0.25, 0.3) is 5.91 Å². The Balaban J connectivity index is 1.78. The van der Waals surface area contributed by atoms with Crippen LogP contribution in [0.5, 0.6) is 0 Å². The Hall–Kier alpha value is -1.87. The fourth-order valence-corrected chi connectivity index (χ4v) is 3.80. The van der Waals surface area contributed by atoms with E-state index in [-0.39, 0.29) is 11.6 Å². The molecule has 0 spiro atoms. The Morgan fingerprint density at radius 3 is 3.00 bits per heavy atom. The molecule has 9 heteroatoms. The molecule has 0 aliphatic heterocycles. The number of nitrogens with zero attached hydrogens (tertiary/aromatic N) is 2. The number of nitrogens with one attached hydrogen (secondary N) is 1. The van der Waals surface area contributed by atoms with Crippen LogP contribution in [0.1, 0.15) is 46.1 Å². The molecule has 25 heavy (non-hydrogen) atoms. The molecule has 0 radical (unpaired) electrons. The van der Waals surface area contributed by atoms with Gasteiger partial charge in [0.05, 0.1) is 36.0 Å². The number of thiophene rings is 1. The summed E-state index contributed by atoms with van der Waals surface area (Å²) in [5.41, 5.74) is 0.536. The lowest BCUT2D eigenvalue weighted by molar-refractivity contribution is -0.137. The van der Waals surface area contributed by atoms with Crippen molar-refractivity contribution in [3.05, 3.63) is 39.3 Å². The Morgan fingerprint density at radius 1 is 1.48 bits per heavy atom. The first-order chi connectivity index (χ1) is 11.9. The first-order valence-electron chi connectivity index (χ1n) is 7.89. The highest BCUT2D eigenvalue weighted by Crippen LogP contribution is 2.35. The van der Waals surface area contributed by atoms with Crippen LogP contribution in [-0.2, 0) is 23.9 Å². The van der Waals surface area contributed by atoms with Gasteiger partial charge in [0.15, 0.2) is 0 Å². The second-order valence-corrected chi connectivity index (χ2v) is 6.65. The van der Waals surface area contributed by atoms with Gasteiger partial charge in [0.1, 0.15) is 0 Å². The van der Waals surface area contributed by atoms with Crippen LogP contribution in [0.25, 0.3) is 0 Å². The molecule has 1 aliphatic rings. The van der Waals surface area contributed by atoms with Crippen molar-refractivity contribution >= 4 is 17.2 Å². The molecule has 0 saturated heterocycles. The summed E-state index contributed by atoms with van der Waals surface area (Å²) < 4.78 is 45.7. The van der Waals surface area contributed by atoms with Crippen molar-refractivity contribution in [1.29, 1.82) is 0 Å². The van der Waals surface area contributed by atoms with E-state index in [1.165, 1.54) is 5.38 Å². The van der Waals surface area contributed by atoms with E-state index in [0.29, 0.717) is 19.6 Å². The number of carbonyl (C=O) groups is 1. The van der Waals surface area contributed by atoms with Crippen LogP contribution in [0, 0.1) is 0 Å². The van der Waals surface area contributed by atoms with E-state index < -0.39 is 17.6 Å². The molecular weight excluding hydrogens is 355 g/mol. The smallest absolute Gasteiger partial charge is 0.383 e. The third-order valence-corrected chi connectivity index (χ3v) is 4.92. The van der Waals surface area contributed by atoms with E-state index in [1.807, 2.05) is 6.20 Å². The van der Waals surface area contributed by atoms with E-state index in [1.54, 1.807) is 11.8 Å². The van der Waals surface area contributed by atoms with Gasteiger partial charge in [0, 0.05) is 24.1 Å². The lowest BCUT2D eigenvalue weighted by Crippen LogP contribution is -2.32. The minimum atomic E-state index is -4.54. The number of rotatable bonds is 5. The van der Waals surface area contributed by atoms with Crippen molar-refractivity contribution in [1.82, 2.24) is 15.1 Å². The Kier molecular flexibility index (Phi) is 5.14. The second kappa shape index (κ2) is 7.17. The number of aryl methyl sites for hydroxylation is 1. The fraction of sp³-hybridized carbons (Fsp3) is 0.500. The minimum Gasteiger partial charge on any atom is -0.383 e. The maximum absolute atomic E-state index is 13.0. The van der Waals surface area contributed by atoms with Crippen LogP contribution in [0.2, 0.25) is 0 Å². The average Bonchev–Trinajstić information content (AvgIpc) is 3.19. The van der Waals surface area contributed by atoms with Gasteiger partial charge < -0.3 is 10.1 Å². The maximum atomic E-state index is 13.0. The number of aromatic nitrogens is 2. The van der Waals surface area contributed by atoms with Gasteiger partial charge in [-0.3, -0.25) is 9.48 Å². The third kappa shape index (κ3) is 3.87. The van der Waals surface area contributed by atoms with E-state index in [2.05, 4.69) is 10.4 Å². The quantitative estimate of drug-likeness (QED) is 0.874. The lowest BCUT2D eigenvalue weighted by Gasteiger charge is -2.22. The molecule has 1 atom stereocenters. The minimum absolute atomic E-state index is 0.330. The highest BCUT2D eigenvalue weighted by Gasteiger charge is 2.37. The first kappa shape index (κ1) is 17.9. The maximum Gasteiger partial charge on any atom is 0.417 e. The van der Waals surface area contributed by atoms with Crippen LogP contribution in [0.15, 0.2) is 17.0 Å². The number of hydrogen-bond donors (Lipinski definition) is 1. The van der Waals surface area contributed by atoms with Crippen molar-refractivity contribution < 1.29 is 22.7 Å². The highest BCUT2D eigenvalue weighted by atomic mass is 32.1. The zero-order valence-electron chi connectivity index (χ0n) is 13.6. The van der Waals surface area contributed by atoms with E-state index in [0.717, 1.165) is 40.8 Å². The molecule has 3 rings (SSSR count). The Morgan fingerprint density at radius 2 is 2.28 bits per heavy atom. The highest BCUT2D eigenvalue weighted by molar-refractivity contribution is 7.08. The molecule has 2 aromatic rings. The molecule has 0 aromatic carbocycles. The summed E-state index contributed by atoms with van der Waals surface area (Å²) in [6, 6.07) is -0.374. The van der Waals surface area contributed by atoms with Crippen molar-refractivity contribution in [3.63, 3.8) is 0 Å². The second-order valence-electron chi connectivity index (χ2n) is 5.91. The number of carbonyl (C=O) groups excluding carboxylic acids is 1. The summed E-state index contributed by atoms with van der Waals surface area (Å²) in [7, 11) is 1.60. The van der Waals surface area contributed by atoms with E-state index >= 15 is 0 Å². The number of fused-ring (bicyclic) bond motifs is 1. The summed E-state index contributed by atoms with van der Waals surface area (Å²) >= 11 is 0.868. The standard InChI is InChI=1S/C16H18F3N3O2S/c1-24-6-5-22-7-10-3-2-4-13(14(10)21-22)20-15(23)11-8-25-9-12(11)16(17,18)19/h7-9,13H,2-6H2,1H3,(H,20,23). The summed E-state index contributed by atoms with van der Waals surface area (Å²) in [5, 5.41) is 9.39. The number of alkyl halides is 3. The molecule has 5 nitrogen and oxygen atoms in total. The average molecular weight is 373 g/mol. The Labute approximate surface area is 146 Å². The van der Waals surface area contributed by atoms with Crippen LogP contribution in [-0.4, -0.2) is 29.4 Å². The predicted octanol–water partition coefficient (Wildman–Crippen LogP) is 3.42. The number of halogens is 3. The normalized spacial score (nSPS) is 17.4. The van der Waals surface area contributed by atoms with Gasteiger partial charge in [-0.25, -0.2) is 0 Å². The van der Waals surface area contributed by atoms with Gasteiger partial charge in [-0.15, -0.1) is 0 Å². The van der Waals surface area contributed by atoms with Gasteiger partial charge in [-0.1, -0.05) is 0 Å². The monoisotopic (exact) mass is 373 g/mol. The van der Waals surface area contributed by atoms with Gasteiger partial charge in [-0.2, -0.15) is 29.6 Å². The van der Waals surface area contributed by atoms with Crippen molar-refractivity contribution in [3.8, 4) is 0 Å². The molecule has 2 aromatic heterocycles. The first-order valence-corrected chi connectivity index (χ1v) is 8.84. The van der Waals surface area contributed by atoms with Crippen LogP contribution in [0.3, 0.4) is 0 Å². The van der Waals surface area contributed by atoms with Gasteiger partial charge in [-0.05, 0) is 24.8 Å². The van der Waals surface area contributed by atoms with Crippen LogP contribution in [0.4, 0.5) is 13.2 Å². The third-order valence-electron chi connectivity index (χ3n) is 4.18. The van der Waals surface area contributed by atoms with Crippen LogP contribution < -0.4 is 5.32 Å². The lowest BCUT2D eigenvalue weighted by atomic mass is 9.93. The van der Waals surface area contributed by atoms with E-state index in [9.17, 15) is 18.0 Å². The summed E-state index contributed by atoms with van der Waals surface area (Å²) in [6.45, 7) is 1.11. The van der Waals surface area contributed by atoms with Gasteiger partial charge in [0.2, 0.25) is 0 Å². The van der Waals surface area contributed by atoms with Crippen molar-refractivity contribution in [2.24, 2.45) is 0 Å². The summed E-state index contributed by atoms with van der Waals surface area (Å²) in [6.07, 6.45) is -0.263. The number of amides is 1. The molecule has 0 saturated carbocycles. The molecule has 1 amide bonds. The molecular formula is C16H18F3N3O2S. The van der Waals surface area contributed by atoms with Gasteiger partial charge >= 0.3 is 6.18 Å². The molecule has 1 unspecified atom stereocenters. The number of methoxy groups -OCH3 is 1. The molecule has 0 fully saturated rings. The Bertz CT molecular complexity index is 754. The number of ether oxygens (including phenoxy) is 1. The predicted molar refractivity (Wildman–Crippen MR) is 86.6 cm³/mol. The van der Waals surface area contributed by atoms with Crippen LogP contribution >= 0.6 is 11.3 Å². The molecule has 136 valence electrons. The number of hydrogen-bond acceptors (Lipinski definition) is 4. The summed E-state index contributed by atoms with van der Waals surface area (Å²) in [4.78, 5) is 12.4. The molecule has 2 heterocycles. The summed E-state index contributed by atoms with van der Waals surface area (Å²) in [5.74, 6) is -0.710. The molecule has 1 N–H and O–H groups in total. The zero-order valence-corrected chi connectivity index (χ0v) is 14.4. The fourth-order valence-electron chi connectivity index (χ4n) is 2.97. The van der Waals surface area contributed by atoms with E-state index in [4.69, 9.17) is 4.74 Å². The topological polar surface area (TPSA) is 56.1 Å². The zero-order chi connectivity index (χ0) is 18.0. The van der Waals surface area contributed by atoms with Crippen molar-refractivity contribution in [2.75, 3.05) is 13.7 Å². The van der Waals surface area contributed by atoms with Crippen molar-refractivity contribution in [2.45, 2.75) is 38.0 Å². The molecule has 0 bridgehead atoms. The SMILES string of the molecule is COCCn1cc2c(n1)C(NC(=O)c1cscc1C(F)(F)F)CCC2. The molecule has 1 aliphatic carbocycles. The largest absolute Gasteiger partial charge is 0.417 e.